The number of nitrogens with zero attached hydrogens (tertiary/aromatic N) is 2. The van der Waals surface area contributed by atoms with Gasteiger partial charge in [-0.3, -0.25) is 10.1 Å². The number of rotatable bonds is 5. The van der Waals surface area contributed by atoms with Crippen molar-refractivity contribution in [3.8, 4) is 0 Å². The predicted octanol–water partition coefficient (Wildman–Crippen LogP) is 2.58. The molecule has 5 heteroatoms. The molecule has 20 heavy (non-hydrogen) atoms. The van der Waals surface area contributed by atoms with Gasteiger partial charge in [0.15, 0.2) is 0 Å². The summed E-state index contributed by atoms with van der Waals surface area (Å²) >= 11 is 0. The number of non-ortho nitro benzene ring substituents is 1. The van der Waals surface area contributed by atoms with Gasteiger partial charge in [-0.15, -0.1) is 0 Å². The molecule has 0 saturated heterocycles. The van der Waals surface area contributed by atoms with E-state index < -0.39 is 0 Å². The summed E-state index contributed by atoms with van der Waals surface area (Å²) in [6, 6.07) is 6.75. The second kappa shape index (κ2) is 6.81. The largest absolute Gasteiger partial charge is 0.393 e. The first-order chi connectivity index (χ1) is 9.56. The molecule has 5 nitrogen and oxygen atoms in total. The van der Waals surface area contributed by atoms with Crippen LogP contribution in [0.1, 0.15) is 31.2 Å². The van der Waals surface area contributed by atoms with E-state index in [1.807, 2.05) is 13.1 Å². The van der Waals surface area contributed by atoms with Gasteiger partial charge in [-0.05, 0) is 31.4 Å². The summed E-state index contributed by atoms with van der Waals surface area (Å²) in [5.74, 6) is 0.326. The highest BCUT2D eigenvalue weighted by Crippen LogP contribution is 2.25. The Kier molecular flexibility index (Phi) is 5.09. The van der Waals surface area contributed by atoms with Crippen molar-refractivity contribution >= 4 is 5.69 Å². The molecule has 0 radical (unpaired) electrons. The molecule has 110 valence electrons. The standard InChI is InChI=1S/C15H22N2O3/c1-16(11-13-6-2-3-8-15(13)18)10-12-5-4-7-14(9-12)17(19)20/h4-5,7,9,13,15,18H,2-3,6,8,10-11H2,1H3. The molecule has 1 aliphatic rings. The fourth-order valence-electron chi connectivity index (χ4n) is 2.95. The molecule has 0 heterocycles. The average Bonchev–Trinajstić information content (AvgIpc) is 2.41. The van der Waals surface area contributed by atoms with Crippen molar-refractivity contribution < 1.29 is 10.0 Å². The van der Waals surface area contributed by atoms with Crippen molar-refractivity contribution in [3.05, 3.63) is 39.9 Å². The summed E-state index contributed by atoms with van der Waals surface area (Å²) in [6.45, 7) is 1.51. The molecule has 1 aromatic rings. The van der Waals surface area contributed by atoms with Crippen LogP contribution in [0.15, 0.2) is 24.3 Å². The van der Waals surface area contributed by atoms with Crippen molar-refractivity contribution in [1.29, 1.82) is 0 Å². The number of aliphatic hydroxyl groups is 1. The molecule has 0 spiro atoms. The topological polar surface area (TPSA) is 66.6 Å². The quantitative estimate of drug-likeness (QED) is 0.664. The zero-order valence-corrected chi connectivity index (χ0v) is 11.9. The normalized spacial score (nSPS) is 22.9. The van der Waals surface area contributed by atoms with Gasteiger partial charge in [0.1, 0.15) is 0 Å². The van der Waals surface area contributed by atoms with Crippen LogP contribution in [-0.4, -0.2) is 34.6 Å². The maximum atomic E-state index is 10.8. The van der Waals surface area contributed by atoms with Crippen molar-refractivity contribution in [2.24, 2.45) is 5.92 Å². The van der Waals surface area contributed by atoms with E-state index in [-0.39, 0.29) is 16.7 Å². The molecule has 0 bridgehead atoms. The molecule has 2 rings (SSSR count). The Morgan fingerprint density at radius 2 is 2.15 bits per heavy atom. The molecule has 0 aliphatic heterocycles. The molecular weight excluding hydrogens is 256 g/mol. The van der Waals surface area contributed by atoms with Crippen LogP contribution in [0.25, 0.3) is 0 Å². The molecule has 1 aliphatic carbocycles. The number of nitro groups is 1. The zero-order valence-electron chi connectivity index (χ0n) is 11.9. The van der Waals surface area contributed by atoms with Crippen molar-refractivity contribution in [2.45, 2.75) is 38.3 Å². The minimum absolute atomic E-state index is 0.133. The van der Waals surface area contributed by atoms with E-state index in [0.717, 1.165) is 31.4 Å². The van der Waals surface area contributed by atoms with Crippen molar-refractivity contribution in [2.75, 3.05) is 13.6 Å². The van der Waals surface area contributed by atoms with Crippen LogP contribution in [-0.2, 0) is 6.54 Å². The van der Waals surface area contributed by atoms with Gasteiger partial charge in [0.2, 0.25) is 0 Å². The van der Waals surface area contributed by atoms with Gasteiger partial charge in [-0.1, -0.05) is 25.0 Å². The van der Waals surface area contributed by atoms with Crippen LogP contribution < -0.4 is 0 Å². The summed E-state index contributed by atoms with van der Waals surface area (Å²) in [7, 11) is 2.00. The number of nitro benzene ring substituents is 1. The summed E-state index contributed by atoms with van der Waals surface area (Å²) in [4.78, 5) is 12.5. The third kappa shape index (κ3) is 4.02. The van der Waals surface area contributed by atoms with Gasteiger partial charge in [0.05, 0.1) is 11.0 Å². The number of benzene rings is 1. The van der Waals surface area contributed by atoms with E-state index in [1.54, 1.807) is 12.1 Å². The molecule has 2 atom stereocenters. The van der Waals surface area contributed by atoms with Gasteiger partial charge in [0, 0.05) is 25.2 Å². The zero-order chi connectivity index (χ0) is 14.5. The lowest BCUT2D eigenvalue weighted by Crippen LogP contribution is -2.34. The number of hydrogen-bond acceptors (Lipinski definition) is 4. The average molecular weight is 278 g/mol. The monoisotopic (exact) mass is 278 g/mol. The molecule has 0 aromatic heterocycles. The minimum Gasteiger partial charge on any atom is -0.393 e. The lowest BCUT2D eigenvalue weighted by Gasteiger charge is -2.31. The lowest BCUT2D eigenvalue weighted by molar-refractivity contribution is -0.384. The Balaban J connectivity index is 1.92. The van der Waals surface area contributed by atoms with Crippen LogP contribution in [0, 0.1) is 16.0 Å². The number of aliphatic hydroxyl groups excluding tert-OH is 1. The third-order valence-electron chi connectivity index (χ3n) is 3.99. The molecule has 1 saturated carbocycles. The maximum Gasteiger partial charge on any atom is 0.269 e. The van der Waals surface area contributed by atoms with Crippen molar-refractivity contribution in [1.82, 2.24) is 4.90 Å². The Morgan fingerprint density at radius 3 is 2.85 bits per heavy atom. The first-order valence-electron chi connectivity index (χ1n) is 7.16. The predicted molar refractivity (Wildman–Crippen MR) is 77.4 cm³/mol. The third-order valence-corrected chi connectivity index (χ3v) is 3.99. The van der Waals surface area contributed by atoms with Gasteiger partial charge >= 0.3 is 0 Å². The van der Waals surface area contributed by atoms with E-state index in [2.05, 4.69) is 4.90 Å². The van der Waals surface area contributed by atoms with Gasteiger partial charge in [-0.25, -0.2) is 0 Å². The van der Waals surface area contributed by atoms with Crippen LogP contribution in [0.5, 0.6) is 0 Å². The highest BCUT2D eigenvalue weighted by molar-refractivity contribution is 5.34. The summed E-state index contributed by atoms with van der Waals surface area (Å²) < 4.78 is 0. The highest BCUT2D eigenvalue weighted by Gasteiger charge is 2.24. The Bertz CT molecular complexity index is 464. The molecular formula is C15H22N2O3. The van der Waals surface area contributed by atoms with Gasteiger partial charge < -0.3 is 10.0 Å². The lowest BCUT2D eigenvalue weighted by atomic mass is 9.86. The van der Waals surface area contributed by atoms with Crippen LogP contribution in [0.3, 0.4) is 0 Å². The first kappa shape index (κ1) is 14.9. The second-order valence-corrected chi connectivity index (χ2v) is 5.74. The maximum absolute atomic E-state index is 10.8. The van der Waals surface area contributed by atoms with Gasteiger partial charge in [0.25, 0.3) is 5.69 Å². The SMILES string of the molecule is CN(Cc1cccc([N+](=O)[O-])c1)CC1CCCCC1O. The van der Waals surface area contributed by atoms with Crippen LogP contribution >= 0.6 is 0 Å². The highest BCUT2D eigenvalue weighted by atomic mass is 16.6. The molecule has 1 aromatic carbocycles. The summed E-state index contributed by atoms with van der Waals surface area (Å²) in [5, 5.41) is 20.7. The molecule has 1 N–H and O–H groups in total. The van der Waals surface area contributed by atoms with E-state index >= 15 is 0 Å². The first-order valence-corrected chi connectivity index (χ1v) is 7.16. The van der Waals surface area contributed by atoms with E-state index in [9.17, 15) is 15.2 Å². The smallest absolute Gasteiger partial charge is 0.269 e. The van der Waals surface area contributed by atoms with E-state index in [0.29, 0.717) is 12.5 Å². The summed E-state index contributed by atoms with van der Waals surface area (Å²) in [6.07, 6.45) is 4.07. The Morgan fingerprint density at radius 1 is 1.40 bits per heavy atom. The fraction of sp³-hybridized carbons (Fsp3) is 0.600. The second-order valence-electron chi connectivity index (χ2n) is 5.74. The van der Waals surface area contributed by atoms with Gasteiger partial charge in [-0.2, -0.15) is 0 Å². The fourth-order valence-corrected chi connectivity index (χ4v) is 2.95. The number of hydrogen-bond donors (Lipinski definition) is 1. The van der Waals surface area contributed by atoms with E-state index in [4.69, 9.17) is 0 Å². The van der Waals surface area contributed by atoms with Crippen LogP contribution in [0.4, 0.5) is 5.69 Å². The molecule has 0 amide bonds. The molecule has 2 unspecified atom stereocenters. The van der Waals surface area contributed by atoms with Crippen molar-refractivity contribution in [3.63, 3.8) is 0 Å². The van der Waals surface area contributed by atoms with Crippen LogP contribution in [0.2, 0.25) is 0 Å². The Labute approximate surface area is 119 Å². The summed E-state index contributed by atoms with van der Waals surface area (Å²) in [5.41, 5.74) is 1.07. The van der Waals surface area contributed by atoms with E-state index in [1.165, 1.54) is 12.5 Å². The minimum atomic E-state index is -0.367. The Hall–Kier alpha value is -1.46. The molecule has 1 fully saturated rings.